The molecule has 0 saturated carbocycles. The van der Waals surface area contributed by atoms with Crippen molar-refractivity contribution in [3.63, 3.8) is 0 Å². The van der Waals surface area contributed by atoms with Gasteiger partial charge < -0.3 is 9.73 Å². The minimum atomic E-state index is -2.91. The molecule has 21 heavy (non-hydrogen) atoms. The molecule has 0 aliphatic carbocycles. The van der Waals surface area contributed by atoms with Crippen molar-refractivity contribution in [2.45, 2.75) is 32.2 Å². The van der Waals surface area contributed by atoms with Gasteiger partial charge in [-0.25, -0.2) is 8.42 Å². The molecule has 5 heteroatoms. The first kappa shape index (κ1) is 16.0. The molecule has 0 fully saturated rings. The Hall–Kier alpha value is -1.33. The fraction of sp³-hybridized carbons (Fsp3) is 0.500. The summed E-state index contributed by atoms with van der Waals surface area (Å²) in [5, 5.41) is 4.53. The Morgan fingerprint density at radius 2 is 2.05 bits per heavy atom. The van der Waals surface area contributed by atoms with E-state index in [9.17, 15) is 8.42 Å². The molecule has 0 spiro atoms. The van der Waals surface area contributed by atoms with Crippen molar-refractivity contribution in [2.24, 2.45) is 0 Å². The van der Waals surface area contributed by atoms with E-state index in [0.717, 1.165) is 36.1 Å². The number of para-hydroxylation sites is 1. The molecule has 1 unspecified atom stereocenters. The van der Waals surface area contributed by atoms with Crippen molar-refractivity contribution in [1.82, 2.24) is 5.32 Å². The number of nitrogens with one attached hydrogen (secondary N) is 1. The van der Waals surface area contributed by atoms with Crippen LogP contribution in [0.25, 0.3) is 11.0 Å². The zero-order chi connectivity index (χ0) is 15.3. The van der Waals surface area contributed by atoms with E-state index in [-0.39, 0.29) is 11.8 Å². The molecule has 0 aliphatic rings. The number of benzene rings is 1. The smallest absolute Gasteiger partial charge is 0.147 e. The van der Waals surface area contributed by atoms with Crippen LogP contribution in [0.1, 0.15) is 38.0 Å². The van der Waals surface area contributed by atoms with E-state index < -0.39 is 9.84 Å². The highest BCUT2D eigenvalue weighted by molar-refractivity contribution is 7.90. The maximum absolute atomic E-state index is 11.3. The van der Waals surface area contributed by atoms with Gasteiger partial charge in [-0.15, -0.1) is 0 Å². The largest absolute Gasteiger partial charge is 0.459 e. The molecule has 1 aromatic heterocycles. The number of hydrogen-bond acceptors (Lipinski definition) is 4. The fourth-order valence-corrected chi connectivity index (χ4v) is 3.08. The molecule has 0 aliphatic heterocycles. The van der Waals surface area contributed by atoms with Crippen LogP contribution in [0.3, 0.4) is 0 Å². The second kappa shape index (κ2) is 7.09. The highest BCUT2D eigenvalue weighted by Gasteiger charge is 2.16. The highest BCUT2D eigenvalue weighted by atomic mass is 32.2. The standard InChI is InChI=1S/C16H23NO3S/c1-3-10-17-14(8-6-11-21(2,18)19)16-12-13-7-4-5-9-15(13)20-16/h4-5,7,9,12,14,17H,3,6,8,10-11H2,1-2H3. The van der Waals surface area contributed by atoms with E-state index in [2.05, 4.69) is 12.2 Å². The minimum absolute atomic E-state index is 0.0686. The van der Waals surface area contributed by atoms with Crippen molar-refractivity contribution < 1.29 is 12.8 Å². The van der Waals surface area contributed by atoms with Crippen molar-refractivity contribution in [3.8, 4) is 0 Å². The molecule has 0 radical (unpaired) electrons. The summed E-state index contributed by atoms with van der Waals surface area (Å²) < 4.78 is 28.4. The Labute approximate surface area is 126 Å². The number of rotatable bonds is 8. The normalized spacial score (nSPS) is 13.6. The molecule has 0 bridgehead atoms. The molecule has 2 rings (SSSR count). The maximum atomic E-state index is 11.3. The second-order valence-corrected chi connectivity index (χ2v) is 7.73. The number of sulfone groups is 1. The lowest BCUT2D eigenvalue weighted by molar-refractivity contribution is 0.407. The summed E-state index contributed by atoms with van der Waals surface area (Å²) in [6.45, 7) is 3.00. The van der Waals surface area contributed by atoms with E-state index in [1.807, 2.05) is 30.3 Å². The third-order valence-corrected chi connectivity index (χ3v) is 4.47. The molecule has 4 nitrogen and oxygen atoms in total. The molecule has 116 valence electrons. The van der Waals surface area contributed by atoms with Crippen LogP contribution >= 0.6 is 0 Å². The molecule has 0 amide bonds. The first-order valence-corrected chi connectivity index (χ1v) is 9.45. The van der Waals surface area contributed by atoms with Gasteiger partial charge in [0.25, 0.3) is 0 Å². The Bertz CT molecular complexity index is 643. The molecular weight excluding hydrogens is 286 g/mol. The molecule has 1 heterocycles. The van der Waals surface area contributed by atoms with E-state index >= 15 is 0 Å². The van der Waals surface area contributed by atoms with Crippen molar-refractivity contribution in [3.05, 3.63) is 36.1 Å². The zero-order valence-corrected chi connectivity index (χ0v) is 13.4. The van der Waals surface area contributed by atoms with Crippen LogP contribution in [0.4, 0.5) is 0 Å². The highest BCUT2D eigenvalue weighted by Crippen LogP contribution is 2.26. The predicted molar refractivity (Wildman–Crippen MR) is 86.2 cm³/mol. The van der Waals surface area contributed by atoms with E-state index in [1.165, 1.54) is 6.26 Å². The van der Waals surface area contributed by atoms with Crippen LogP contribution in [0.2, 0.25) is 0 Å². The minimum Gasteiger partial charge on any atom is -0.459 e. The van der Waals surface area contributed by atoms with Crippen LogP contribution in [0.5, 0.6) is 0 Å². The van der Waals surface area contributed by atoms with Crippen LogP contribution in [-0.4, -0.2) is 27.0 Å². The molecule has 1 atom stereocenters. The van der Waals surface area contributed by atoms with Gasteiger partial charge >= 0.3 is 0 Å². The third kappa shape index (κ3) is 4.86. The average molecular weight is 309 g/mol. The number of hydrogen-bond donors (Lipinski definition) is 1. The molecule has 1 N–H and O–H groups in total. The summed E-state index contributed by atoms with van der Waals surface area (Å²) in [4.78, 5) is 0. The Morgan fingerprint density at radius 3 is 2.71 bits per heavy atom. The number of furan rings is 1. The van der Waals surface area contributed by atoms with E-state index in [0.29, 0.717) is 6.42 Å². The zero-order valence-electron chi connectivity index (χ0n) is 12.6. The van der Waals surface area contributed by atoms with Gasteiger partial charge in [0, 0.05) is 17.4 Å². The summed E-state index contributed by atoms with van der Waals surface area (Å²) in [7, 11) is -2.91. The summed E-state index contributed by atoms with van der Waals surface area (Å²) in [6, 6.07) is 10.0. The van der Waals surface area contributed by atoms with Crippen molar-refractivity contribution >= 4 is 20.8 Å². The third-order valence-electron chi connectivity index (χ3n) is 3.44. The quantitative estimate of drug-likeness (QED) is 0.813. The summed E-state index contributed by atoms with van der Waals surface area (Å²) in [5.74, 6) is 1.11. The lowest BCUT2D eigenvalue weighted by atomic mass is 10.1. The average Bonchev–Trinajstić information content (AvgIpc) is 2.85. The van der Waals surface area contributed by atoms with Gasteiger partial charge in [-0.2, -0.15) is 0 Å². The van der Waals surface area contributed by atoms with Gasteiger partial charge in [0.1, 0.15) is 21.2 Å². The van der Waals surface area contributed by atoms with Crippen molar-refractivity contribution in [2.75, 3.05) is 18.6 Å². The molecule has 2 aromatic rings. The molecule has 1 aromatic carbocycles. The Balaban J connectivity index is 2.10. The summed E-state index contributed by atoms with van der Waals surface area (Å²) >= 11 is 0. The van der Waals surface area contributed by atoms with Crippen LogP contribution < -0.4 is 5.32 Å². The van der Waals surface area contributed by atoms with Crippen LogP contribution in [0.15, 0.2) is 34.7 Å². The van der Waals surface area contributed by atoms with Gasteiger partial charge in [-0.1, -0.05) is 25.1 Å². The van der Waals surface area contributed by atoms with Crippen LogP contribution in [-0.2, 0) is 9.84 Å². The fourth-order valence-electron chi connectivity index (χ4n) is 2.39. The SMILES string of the molecule is CCCNC(CCCS(C)(=O)=O)c1cc2ccccc2o1. The second-order valence-electron chi connectivity index (χ2n) is 5.47. The lowest BCUT2D eigenvalue weighted by Crippen LogP contribution is -2.22. The first-order chi connectivity index (χ1) is 9.99. The summed E-state index contributed by atoms with van der Waals surface area (Å²) in [6.07, 6.45) is 3.70. The lowest BCUT2D eigenvalue weighted by Gasteiger charge is -2.15. The first-order valence-electron chi connectivity index (χ1n) is 7.39. The summed E-state index contributed by atoms with van der Waals surface area (Å²) in [5.41, 5.74) is 0.874. The van der Waals surface area contributed by atoms with E-state index in [4.69, 9.17) is 4.42 Å². The predicted octanol–water partition coefficient (Wildman–Crippen LogP) is 3.30. The monoisotopic (exact) mass is 309 g/mol. The Morgan fingerprint density at radius 1 is 1.29 bits per heavy atom. The topological polar surface area (TPSA) is 59.3 Å². The number of fused-ring (bicyclic) bond motifs is 1. The van der Waals surface area contributed by atoms with Gasteiger partial charge in [0.15, 0.2) is 0 Å². The van der Waals surface area contributed by atoms with E-state index in [1.54, 1.807) is 0 Å². The van der Waals surface area contributed by atoms with Gasteiger partial charge in [0.05, 0.1) is 6.04 Å². The van der Waals surface area contributed by atoms with Crippen molar-refractivity contribution in [1.29, 1.82) is 0 Å². The molecular formula is C16H23NO3S. The van der Waals surface area contributed by atoms with Gasteiger partial charge in [-0.3, -0.25) is 0 Å². The molecule has 0 saturated heterocycles. The maximum Gasteiger partial charge on any atom is 0.147 e. The van der Waals surface area contributed by atoms with Gasteiger partial charge in [-0.05, 0) is 37.9 Å². The van der Waals surface area contributed by atoms with Crippen LogP contribution in [0, 0.1) is 0 Å². The van der Waals surface area contributed by atoms with Gasteiger partial charge in [0.2, 0.25) is 0 Å². The Kier molecular flexibility index (Phi) is 5.42.